The summed E-state index contributed by atoms with van der Waals surface area (Å²) in [6.07, 6.45) is 5.85. The number of carbonyl (C=O) groups is 1. The van der Waals surface area contributed by atoms with Crippen LogP contribution in [0.5, 0.6) is 0 Å². The van der Waals surface area contributed by atoms with E-state index < -0.39 is 0 Å². The van der Waals surface area contributed by atoms with Crippen LogP contribution in [0.15, 0.2) is 29.2 Å². The minimum Gasteiger partial charge on any atom is -0.331 e. The number of benzene rings is 1. The highest BCUT2D eigenvalue weighted by Gasteiger charge is 2.28. The molecule has 4 heteroatoms. The molecule has 0 aromatic heterocycles. The normalized spacial score (nSPS) is 27.8. The second-order valence-electron chi connectivity index (χ2n) is 6.71. The predicted molar refractivity (Wildman–Crippen MR) is 92.2 cm³/mol. The Balaban J connectivity index is 1.64. The Kier molecular flexibility index (Phi) is 4.97. The summed E-state index contributed by atoms with van der Waals surface area (Å²) in [5.74, 6) is 1.81. The lowest BCUT2D eigenvalue weighted by Crippen LogP contribution is -2.46. The van der Waals surface area contributed by atoms with Gasteiger partial charge in [0.25, 0.3) is 0 Å². The molecular formula is C18H26N2OS. The summed E-state index contributed by atoms with van der Waals surface area (Å²) in [6, 6.07) is 9.10. The summed E-state index contributed by atoms with van der Waals surface area (Å²) in [6.45, 7) is 2.30. The van der Waals surface area contributed by atoms with Gasteiger partial charge in [0.2, 0.25) is 0 Å². The first kappa shape index (κ1) is 15.7. The van der Waals surface area contributed by atoms with Gasteiger partial charge in [0.05, 0.1) is 6.04 Å². The van der Waals surface area contributed by atoms with E-state index in [1.165, 1.54) is 23.3 Å². The fourth-order valence-corrected chi connectivity index (χ4v) is 4.79. The van der Waals surface area contributed by atoms with Gasteiger partial charge in [-0.1, -0.05) is 38.0 Å². The highest BCUT2D eigenvalue weighted by Crippen LogP contribution is 2.36. The second-order valence-corrected chi connectivity index (χ2v) is 7.85. The van der Waals surface area contributed by atoms with Crippen molar-refractivity contribution < 1.29 is 4.79 Å². The Bertz CT molecular complexity index is 534. The zero-order valence-electron chi connectivity index (χ0n) is 13.5. The number of nitrogens with one attached hydrogen (secondary N) is 1. The summed E-state index contributed by atoms with van der Waals surface area (Å²) in [4.78, 5) is 15.9. The molecule has 1 aliphatic heterocycles. The summed E-state index contributed by atoms with van der Waals surface area (Å²) >= 11 is 1.89. The third-order valence-electron chi connectivity index (χ3n) is 5.03. The standard InChI is InChI=1S/C18H26N2OS/c1-13-6-5-7-14(12-13)20(2)18(21)19-16-10-11-22-17-9-4-3-8-15(16)17/h3-4,8-9,13-14,16H,5-7,10-12H2,1-2H3,(H,19,21). The van der Waals surface area contributed by atoms with Crippen LogP contribution in [-0.2, 0) is 0 Å². The van der Waals surface area contributed by atoms with E-state index in [1.807, 2.05) is 23.7 Å². The van der Waals surface area contributed by atoms with Gasteiger partial charge in [-0.25, -0.2) is 4.79 Å². The van der Waals surface area contributed by atoms with Crippen LogP contribution < -0.4 is 5.32 Å². The summed E-state index contributed by atoms with van der Waals surface area (Å²) < 4.78 is 0. The summed E-state index contributed by atoms with van der Waals surface area (Å²) in [5.41, 5.74) is 1.28. The molecule has 3 unspecified atom stereocenters. The maximum Gasteiger partial charge on any atom is 0.317 e. The molecule has 22 heavy (non-hydrogen) atoms. The molecule has 0 saturated heterocycles. The third-order valence-corrected chi connectivity index (χ3v) is 6.16. The van der Waals surface area contributed by atoms with E-state index in [0.29, 0.717) is 6.04 Å². The monoisotopic (exact) mass is 318 g/mol. The number of hydrogen-bond acceptors (Lipinski definition) is 2. The Morgan fingerprint density at radius 2 is 2.09 bits per heavy atom. The van der Waals surface area contributed by atoms with E-state index in [9.17, 15) is 4.79 Å². The first-order valence-corrected chi connectivity index (χ1v) is 9.38. The molecule has 2 aliphatic rings. The molecule has 3 rings (SSSR count). The van der Waals surface area contributed by atoms with Crippen molar-refractivity contribution in [2.75, 3.05) is 12.8 Å². The topological polar surface area (TPSA) is 32.3 Å². The largest absolute Gasteiger partial charge is 0.331 e. The van der Waals surface area contributed by atoms with E-state index in [1.54, 1.807) is 0 Å². The molecule has 1 aromatic carbocycles. The number of thioether (sulfide) groups is 1. The van der Waals surface area contributed by atoms with Gasteiger partial charge in [-0.2, -0.15) is 0 Å². The van der Waals surface area contributed by atoms with E-state index in [4.69, 9.17) is 0 Å². The zero-order valence-corrected chi connectivity index (χ0v) is 14.4. The van der Waals surface area contributed by atoms with Crippen molar-refractivity contribution in [3.8, 4) is 0 Å². The Morgan fingerprint density at radius 3 is 2.91 bits per heavy atom. The molecular weight excluding hydrogens is 292 g/mol. The van der Waals surface area contributed by atoms with E-state index >= 15 is 0 Å². The zero-order chi connectivity index (χ0) is 15.5. The van der Waals surface area contributed by atoms with Gasteiger partial charge in [0, 0.05) is 23.7 Å². The van der Waals surface area contributed by atoms with Crippen molar-refractivity contribution >= 4 is 17.8 Å². The van der Waals surface area contributed by atoms with Gasteiger partial charge in [-0.3, -0.25) is 0 Å². The van der Waals surface area contributed by atoms with Crippen LogP contribution in [0.2, 0.25) is 0 Å². The molecule has 1 saturated carbocycles. The van der Waals surface area contributed by atoms with E-state index in [2.05, 4.69) is 36.5 Å². The van der Waals surface area contributed by atoms with Crippen LogP contribution in [0, 0.1) is 5.92 Å². The van der Waals surface area contributed by atoms with Crippen LogP contribution in [-0.4, -0.2) is 29.8 Å². The Hall–Kier alpha value is -1.16. The molecule has 1 aromatic rings. The van der Waals surface area contributed by atoms with Crippen LogP contribution in [0.4, 0.5) is 4.79 Å². The van der Waals surface area contributed by atoms with Crippen molar-refractivity contribution in [1.82, 2.24) is 10.2 Å². The van der Waals surface area contributed by atoms with E-state index in [0.717, 1.165) is 30.9 Å². The highest BCUT2D eigenvalue weighted by atomic mass is 32.2. The Labute approximate surface area is 137 Å². The lowest BCUT2D eigenvalue weighted by Gasteiger charge is -2.35. The number of carbonyl (C=O) groups excluding carboxylic acids is 1. The maximum atomic E-state index is 12.6. The fraction of sp³-hybridized carbons (Fsp3) is 0.611. The van der Waals surface area contributed by atoms with Crippen molar-refractivity contribution in [1.29, 1.82) is 0 Å². The summed E-state index contributed by atoms with van der Waals surface area (Å²) in [5, 5.41) is 3.26. The number of rotatable bonds is 2. The van der Waals surface area contributed by atoms with Crippen LogP contribution >= 0.6 is 11.8 Å². The molecule has 2 amide bonds. The minimum atomic E-state index is 0.0887. The van der Waals surface area contributed by atoms with Crippen molar-refractivity contribution in [3.63, 3.8) is 0 Å². The van der Waals surface area contributed by atoms with Gasteiger partial charge >= 0.3 is 6.03 Å². The molecule has 3 nitrogen and oxygen atoms in total. The minimum absolute atomic E-state index is 0.0887. The fourth-order valence-electron chi connectivity index (χ4n) is 3.66. The van der Waals surface area contributed by atoms with Crippen LogP contribution in [0.3, 0.4) is 0 Å². The van der Waals surface area contributed by atoms with Crippen molar-refractivity contribution in [3.05, 3.63) is 29.8 Å². The van der Waals surface area contributed by atoms with E-state index in [-0.39, 0.29) is 12.1 Å². The smallest absolute Gasteiger partial charge is 0.317 e. The van der Waals surface area contributed by atoms with Crippen molar-refractivity contribution in [2.45, 2.75) is 56.0 Å². The molecule has 1 N–H and O–H groups in total. The molecule has 0 radical (unpaired) electrons. The number of amides is 2. The lowest BCUT2D eigenvalue weighted by atomic mass is 9.86. The van der Waals surface area contributed by atoms with Crippen molar-refractivity contribution in [2.24, 2.45) is 5.92 Å². The van der Waals surface area contributed by atoms with Gasteiger partial charge < -0.3 is 10.2 Å². The molecule has 3 atom stereocenters. The molecule has 0 spiro atoms. The Morgan fingerprint density at radius 1 is 1.27 bits per heavy atom. The third kappa shape index (κ3) is 3.43. The maximum absolute atomic E-state index is 12.6. The van der Waals surface area contributed by atoms with Gasteiger partial charge in [0.1, 0.15) is 0 Å². The molecule has 120 valence electrons. The average molecular weight is 318 g/mol. The lowest BCUT2D eigenvalue weighted by molar-refractivity contribution is 0.157. The number of nitrogens with zero attached hydrogens (tertiary/aromatic N) is 1. The van der Waals surface area contributed by atoms with Crippen LogP contribution in [0.25, 0.3) is 0 Å². The second kappa shape index (κ2) is 6.95. The van der Waals surface area contributed by atoms with Gasteiger partial charge in [0.15, 0.2) is 0 Å². The first-order chi connectivity index (χ1) is 10.6. The highest BCUT2D eigenvalue weighted by molar-refractivity contribution is 7.99. The molecule has 1 fully saturated rings. The average Bonchev–Trinajstić information content (AvgIpc) is 2.54. The molecule has 1 heterocycles. The molecule has 1 aliphatic carbocycles. The number of hydrogen-bond donors (Lipinski definition) is 1. The SMILES string of the molecule is CC1CCCC(N(C)C(=O)NC2CCSc3ccccc32)C1. The first-order valence-electron chi connectivity index (χ1n) is 8.40. The number of fused-ring (bicyclic) bond motifs is 1. The van der Waals surface area contributed by atoms with Gasteiger partial charge in [-0.15, -0.1) is 11.8 Å². The quantitative estimate of drug-likeness (QED) is 0.874. The van der Waals surface area contributed by atoms with Gasteiger partial charge in [-0.05, 0) is 36.8 Å². The van der Waals surface area contributed by atoms with Crippen LogP contribution in [0.1, 0.15) is 50.6 Å². The molecule has 0 bridgehead atoms. The summed E-state index contributed by atoms with van der Waals surface area (Å²) in [7, 11) is 1.96. The number of urea groups is 1. The predicted octanol–water partition coefficient (Wildman–Crippen LogP) is 4.44.